The van der Waals surface area contributed by atoms with Gasteiger partial charge in [-0.05, 0) is 37.8 Å². The number of carbonyl (C=O) groups is 1. The number of fused-ring (bicyclic) bond motifs is 1. The van der Waals surface area contributed by atoms with Crippen molar-refractivity contribution in [2.24, 2.45) is 5.92 Å². The van der Waals surface area contributed by atoms with Gasteiger partial charge in [0.2, 0.25) is 5.91 Å². The molecule has 1 atom stereocenters. The Bertz CT molecular complexity index is 826. The lowest BCUT2D eigenvalue weighted by Crippen LogP contribution is -2.46. The number of nitrogens with zero attached hydrogens (tertiary/aromatic N) is 3. The van der Waals surface area contributed by atoms with E-state index in [0.29, 0.717) is 16.5 Å². The summed E-state index contributed by atoms with van der Waals surface area (Å²) in [5.74, 6) is 0.108. The van der Waals surface area contributed by atoms with E-state index >= 15 is 0 Å². The van der Waals surface area contributed by atoms with Crippen LogP contribution in [0.25, 0.3) is 10.9 Å². The highest BCUT2D eigenvalue weighted by molar-refractivity contribution is 7.99. The van der Waals surface area contributed by atoms with Crippen LogP contribution in [0.15, 0.2) is 29.4 Å². The highest BCUT2D eigenvalue weighted by atomic mass is 32.2. The first-order valence-corrected chi connectivity index (χ1v) is 9.70. The molecule has 1 aromatic heterocycles. The van der Waals surface area contributed by atoms with E-state index in [9.17, 15) is 18.0 Å². The number of anilines is 1. The second kappa shape index (κ2) is 7.92. The molecule has 1 unspecified atom stereocenters. The molecule has 0 saturated heterocycles. The molecule has 1 aromatic carbocycles. The molecule has 1 N–H and O–H groups in total. The molecule has 1 heterocycles. The Labute approximate surface area is 159 Å². The van der Waals surface area contributed by atoms with Gasteiger partial charge in [-0.1, -0.05) is 23.9 Å². The normalized spacial score (nSPS) is 15.6. The van der Waals surface area contributed by atoms with Crippen LogP contribution in [0, 0.1) is 5.92 Å². The Morgan fingerprint density at radius 3 is 2.67 bits per heavy atom. The topological polar surface area (TPSA) is 58.1 Å². The zero-order valence-corrected chi connectivity index (χ0v) is 15.9. The van der Waals surface area contributed by atoms with Crippen molar-refractivity contribution < 1.29 is 18.0 Å². The molecule has 0 spiro atoms. The van der Waals surface area contributed by atoms with Gasteiger partial charge in [0.05, 0.1) is 11.3 Å². The molecule has 0 bridgehead atoms. The first-order valence-electron chi connectivity index (χ1n) is 8.72. The molecule has 9 heteroatoms. The Kier molecular flexibility index (Phi) is 5.78. The number of hydrogen-bond acceptors (Lipinski definition) is 5. The highest BCUT2D eigenvalue weighted by Crippen LogP contribution is 2.36. The maximum Gasteiger partial charge on any atom is 0.406 e. The van der Waals surface area contributed by atoms with E-state index in [1.54, 1.807) is 14.0 Å². The molecular weight excluding hydrogens is 377 g/mol. The maximum atomic E-state index is 12.9. The van der Waals surface area contributed by atoms with Gasteiger partial charge in [-0.25, -0.2) is 9.97 Å². The predicted octanol–water partition coefficient (Wildman–Crippen LogP) is 3.95. The lowest BCUT2D eigenvalue weighted by atomic mass is 10.2. The summed E-state index contributed by atoms with van der Waals surface area (Å²) < 4.78 is 38.7. The van der Waals surface area contributed by atoms with Gasteiger partial charge < -0.3 is 10.2 Å². The molecule has 0 radical (unpaired) electrons. The summed E-state index contributed by atoms with van der Waals surface area (Å²) >= 11 is 1.06. The second-order valence-corrected chi connectivity index (χ2v) is 7.57. The van der Waals surface area contributed by atoms with Crippen molar-refractivity contribution >= 4 is 34.4 Å². The Balaban J connectivity index is 1.73. The molecular formula is C18H21F3N4OS. The van der Waals surface area contributed by atoms with Crippen molar-refractivity contribution in [2.75, 3.05) is 24.7 Å². The molecule has 1 amide bonds. The summed E-state index contributed by atoms with van der Waals surface area (Å²) in [6.45, 7) is 0.474. The van der Waals surface area contributed by atoms with Crippen LogP contribution in [0.1, 0.15) is 19.8 Å². The van der Waals surface area contributed by atoms with E-state index in [4.69, 9.17) is 0 Å². The minimum Gasteiger partial charge on any atom is -0.372 e. The van der Waals surface area contributed by atoms with Crippen molar-refractivity contribution in [2.45, 2.75) is 37.1 Å². The van der Waals surface area contributed by atoms with Crippen molar-refractivity contribution in [3.63, 3.8) is 0 Å². The zero-order valence-electron chi connectivity index (χ0n) is 15.1. The second-order valence-electron chi connectivity index (χ2n) is 6.63. The molecule has 27 heavy (non-hydrogen) atoms. The average Bonchev–Trinajstić information content (AvgIpc) is 3.47. The minimum absolute atomic E-state index is 0.130. The smallest absolute Gasteiger partial charge is 0.372 e. The summed E-state index contributed by atoms with van der Waals surface area (Å²) in [6.07, 6.45) is -2.67. The average molecular weight is 398 g/mol. The van der Waals surface area contributed by atoms with Gasteiger partial charge in [-0.2, -0.15) is 13.2 Å². The van der Waals surface area contributed by atoms with E-state index in [2.05, 4.69) is 15.3 Å². The summed E-state index contributed by atoms with van der Waals surface area (Å²) in [6, 6.07) is 7.01. The lowest BCUT2D eigenvalue weighted by molar-refractivity contribution is -0.164. The largest absolute Gasteiger partial charge is 0.406 e. The summed E-state index contributed by atoms with van der Waals surface area (Å²) in [4.78, 5) is 22.2. The predicted molar refractivity (Wildman–Crippen MR) is 99.8 cm³/mol. The number of benzene rings is 1. The molecule has 1 fully saturated rings. The van der Waals surface area contributed by atoms with Gasteiger partial charge in [0.25, 0.3) is 0 Å². The molecule has 1 aliphatic rings. The van der Waals surface area contributed by atoms with Crippen LogP contribution in [0.4, 0.5) is 19.0 Å². The van der Waals surface area contributed by atoms with Crippen molar-refractivity contribution in [1.29, 1.82) is 0 Å². The van der Waals surface area contributed by atoms with Crippen molar-refractivity contribution in [3.8, 4) is 0 Å². The van der Waals surface area contributed by atoms with E-state index in [1.807, 2.05) is 24.3 Å². The first kappa shape index (κ1) is 19.7. The minimum atomic E-state index is -4.41. The number of carbonyl (C=O) groups excluding carboxylic acids is 1. The first-order chi connectivity index (χ1) is 12.8. The van der Waals surface area contributed by atoms with Crippen LogP contribution in [-0.2, 0) is 4.79 Å². The Morgan fingerprint density at radius 1 is 1.33 bits per heavy atom. The molecule has 1 saturated carbocycles. The van der Waals surface area contributed by atoms with Crippen molar-refractivity contribution in [3.05, 3.63) is 24.3 Å². The summed E-state index contributed by atoms with van der Waals surface area (Å²) in [5, 5.41) is 4.19. The number of aromatic nitrogens is 2. The van der Waals surface area contributed by atoms with E-state index in [1.165, 1.54) is 0 Å². The van der Waals surface area contributed by atoms with E-state index < -0.39 is 24.7 Å². The Morgan fingerprint density at radius 2 is 2.04 bits per heavy atom. The molecule has 1 aliphatic carbocycles. The van der Waals surface area contributed by atoms with Crippen LogP contribution < -0.4 is 5.32 Å². The zero-order chi connectivity index (χ0) is 19.6. The van der Waals surface area contributed by atoms with Gasteiger partial charge in [0, 0.05) is 18.5 Å². The molecule has 146 valence electrons. The standard InChI is InChI=1S/C18H21F3N4OS/c1-11(12-7-8-12)25(10-18(19,20)21)15(26)9-27-17-23-14-6-4-3-5-13(14)16(22-2)24-17/h3-6,11-12H,7-10H2,1-2H3,(H,22,23,24). The quantitative estimate of drug-likeness (QED) is 0.565. The van der Waals surface area contributed by atoms with Crippen LogP contribution in [-0.4, -0.2) is 52.3 Å². The molecule has 3 rings (SSSR count). The highest BCUT2D eigenvalue weighted by Gasteiger charge is 2.40. The number of rotatable bonds is 7. The molecule has 0 aliphatic heterocycles. The van der Waals surface area contributed by atoms with E-state index in [0.717, 1.165) is 34.9 Å². The number of amides is 1. The van der Waals surface area contributed by atoms with Crippen LogP contribution in [0.5, 0.6) is 0 Å². The number of nitrogens with one attached hydrogen (secondary N) is 1. The number of halogens is 3. The van der Waals surface area contributed by atoms with Crippen LogP contribution in [0.3, 0.4) is 0 Å². The Hall–Kier alpha value is -2.03. The fraction of sp³-hybridized carbons (Fsp3) is 0.500. The third kappa shape index (κ3) is 5.03. The number of para-hydroxylation sites is 1. The van der Waals surface area contributed by atoms with E-state index in [-0.39, 0.29) is 11.7 Å². The van der Waals surface area contributed by atoms with Gasteiger partial charge in [0.15, 0.2) is 5.16 Å². The number of thioether (sulfide) groups is 1. The third-order valence-electron chi connectivity index (χ3n) is 4.61. The lowest BCUT2D eigenvalue weighted by Gasteiger charge is -2.30. The van der Waals surface area contributed by atoms with Gasteiger partial charge in [0.1, 0.15) is 12.4 Å². The van der Waals surface area contributed by atoms with Gasteiger partial charge in [-0.15, -0.1) is 0 Å². The maximum absolute atomic E-state index is 12.9. The van der Waals surface area contributed by atoms with Gasteiger partial charge in [-0.3, -0.25) is 4.79 Å². The summed E-state index contributed by atoms with van der Waals surface area (Å²) in [5.41, 5.74) is 0.713. The number of hydrogen-bond donors (Lipinski definition) is 1. The van der Waals surface area contributed by atoms with Gasteiger partial charge >= 0.3 is 6.18 Å². The fourth-order valence-corrected chi connectivity index (χ4v) is 3.74. The SMILES string of the molecule is CNc1nc(SCC(=O)N(CC(F)(F)F)C(C)C2CC2)nc2ccccc12. The fourth-order valence-electron chi connectivity index (χ4n) is 3.01. The van der Waals surface area contributed by atoms with Crippen LogP contribution >= 0.6 is 11.8 Å². The molecule has 2 aromatic rings. The van der Waals surface area contributed by atoms with Crippen molar-refractivity contribution in [1.82, 2.24) is 14.9 Å². The monoisotopic (exact) mass is 398 g/mol. The third-order valence-corrected chi connectivity index (χ3v) is 5.44. The van der Waals surface area contributed by atoms with Crippen LogP contribution in [0.2, 0.25) is 0 Å². The number of alkyl halides is 3. The molecule has 5 nitrogen and oxygen atoms in total. The summed E-state index contributed by atoms with van der Waals surface area (Å²) in [7, 11) is 1.73.